The van der Waals surface area contributed by atoms with E-state index in [0.717, 1.165) is 12.2 Å². The summed E-state index contributed by atoms with van der Waals surface area (Å²) < 4.78 is 5.73. The third kappa shape index (κ3) is 5.57. The molecule has 0 aliphatic carbocycles. The number of benzene rings is 1. The first-order valence-corrected chi connectivity index (χ1v) is 5.76. The van der Waals surface area contributed by atoms with E-state index >= 15 is 0 Å². The van der Waals surface area contributed by atoms with Crippen LogP contribution in [-0.2, 0) is 0 Å². The number of rotatable bonds is 5. The first-order valence-electron chi connectivity index (χ1n) is 5.76. The number of halogens is 1. The van der Waals surface area contributed by atoms with Crippen LogP contribution in [0.4, 0.5) is 0 Å². The Labute approximate surface area is 126 Å². The Kier molecular flexibility index (Phi) is 7.73. The summed E-state index contributed by atoms with van der Waals surface area (Å²) in [5.74, 6) is 1.08. The Morgan fingerprint density at radius 1 is 1.22 bits per heavy atom. The Morgan fingerprint density at radius 3 is 2.50 bits per heavy atom. The largest absolute Gasteiger partial charge is 0.493 e. The molecule has 0 saturated carbocycles. The van der Waals surface area contributed by atoms with Crippen LogP contribution in [0.15, 0.2) is 17.1 Å². The van der Waals surface area contributed by atoms with Crippen LogP contribution in [0.3, 0.4) is 0 Å². The van der Waals surface area contributed by atoms with Crippen molar-refractivity contribution in [3.8, 4) is 5.75 Å². The van der Waals surface area contributed by atoms with Crippen LogP contribution in [-0.4, -0.2) is 19.1 Å². The summed E-state index contributed by atoms with van der Waals surface area (Å²) in [5, 5.41) is 0. The molecule has 1 aromatic carbocycles. The van der Waals surface area contributed by atoms with Crippen LogP contribution in [0.1, 0.15) is 23.1 Å². The van der Waals surface area contributed by atoms with Gasteiger partial charge in [0, 0.05) is 13.0 Å². The minimum absolute atomic E-state index is 0. The molecule has 0 aromatic heterocycles. The molecule has 0 atom stereocenters. The lowest BCUT2D eigenvalue weighted by Gasteiger charge is -2.11. The lowest BCUT2D eigenvalue weighted by molar-refractivity contribution is 0.311. The van der Waals surface area contributed by atoms with Gasteiger partial charge in [0.1, 0.15) is 5.75 Å². The molecule has 0 unspecified atom stereocenters. The fourth-order valence-electron chi connectivity index (χ4n) is 1.61. The lowest BCUT2D eigenvalue weighted by Crippen LogP contribution is -2.23. The van der Waals surface area contributed by atoms with Crippen molar-refractivity contribution in [1.29, 1.82) is 0 Å². The van der Waals surface area contributed by atoms with E-state index in [0.29, 0.717) is 13.2 Å². The van der Waals surface area contributed by atoms with Gasteiger partial charge in [0.2, 0.25) is 0 Å². The van der Waals surface area contributed by atoms with Crippen LogP contribution in [0.5, 0.6) is 5.75 Å². The normalized spacial score (nSPS) is 9.50. The van der Waals surface area contributed by atoms with Crippen molar-refractivity contribution < 1.29 is 4.74 Å². The summed E-state index contributed by atoms with van der Waals surface area (Å²) >= 11 is 0. The minimum atomic E-state index is 0. The number of nitrogens with two attached hydrogens (primary N) is 2. The maximum absolute atomic E-state index is 5.73. The zero-order chi connectivity index (χ0) is 12.8. The van der Waals surface area contributed by atoms with E-state index in [9.17, 15) is 0 Å². The number of guanidine groups is 1. The highest BCUT2D eigenvalue weighted by molar-refractivity contribution is 14.0. The SMILES string of the molecule is Cc1cc(C)c(C)c(OCCCN=C(N)N)c1.I. The van der Waals surface area contributed by atoms with Crippen molar-refractivity contribution in [2.24, 2.45) is 16.5 Å². The number of aryl methyl sites for hydroxylation is 2. The van der Waals surface area contributed by atoms with E-state index in [1.54, 1.807) is 0 Å². The van der Waals surface area contributed by atoms with E-state index < -0.39 is 0 Å². The Morgan fingerprint density at radius 2 is 1.89 bits per heavy atom. The molecule has 18 heavy (non-hydrogen) atoms. The van der Waals surface area contributed by atoms with Crippen molar-refractivity contribution in [3.05, 3.63) is 28.8 Å². The van der Waals surface area contributed by atoms with Gasteiger partial charge < -0.3 is 16.2 Å². The van der Waals surface area contributed by atoms with Crippen molar-refractivity contribution in [2.75, 3.05) is 13.2 Å². The van der Waals surface area contributed by atoms with Crippen LogP contribution < -0.4 is 16.2 Å². The highest BCUT2D eigenvalue weighted by Crippen LogP contribution is 2.23. The van der Waals surface area contributed by atoms with Gasteiger partial charge >= 0.3 is 0 Å². The number of hydrogen-bond acceptors (Lipinski definition) is 2. The molecular weight excluding hydrogens is 341 g/mol. The number of ether oxygens (including phenoxy) is 1. The predicted octanol–water partition coefficient (Wildman–Crippen LogP) is 2.27. The molecule has 1 rings (SSSR count). The average Bonchev–Trinajstić information content (AvgIpc) is 2.23. The van der Waals surface area contributed by atoms with Crippen molar-refractivity contribution in [1.82, 2.24) is 0 Å². The van der Waals surface area contributed by atoms with Crippen LogP contribution in [0, 0.1) is 20.8 Å². The van der Waals surface area contributed by atoms with Gasteiger partial charge in [0.05, 0.1) is 6.61 Å². The Bertz CT molecular complexity index is 415. The molecule has 0 saturated heterocycles. The summed E-state index contributed by atoms with van der Waals surface area (Å²) in [6.07, 6.45) is 0.810. The molecule has 4 nitrogen and oxygen atoms in total. The second-order valence-corrected chi connectivity index (χ2v) is 4.21. The highest BCUT2D eigenvalue weighted by atomic mass is 127. The fraction of sp³-hybridized carbons (Fsp3) is 0.462. The second kappa shape index (κ2) is 8.18. The van der Waals surface area contributed by atoms with E-state index in [1.807, 2.05) is 0 Å². The van der Waals surface area contributed by atoms with Gasteiger partial charge in [0.15, 0.2) is 5.96 Å². The molecule has 5 heteroatoms. The van der Waals surface area contributed by atoms with Gasteiger partial charge in [-0.15, -0.1) is 24.0 Å². The first-order chi connectivity index (χ1) is 8.00. The quantitative estimate of drug-likeness (QED) is 0.365. The molecule has 1 aromatic rings. The van der Waals surface area contributed by atoms with Crippen LogP contribution in [0.2, 0.25) is 0 Å². The second-order valence-electron chi connectivity index (χ2n) is 4.21. The Hall–Kier alpha value is -0.980. The zero-order valence-electron chi connectivity index (χ0n) is 11.2. The molecule has 0 spiro atoms. The first kappa shape index (κ1) is 17.0. The van der Waals surface area contributed by atoms with E-state index in [2.05, 4.69) is 37.9 Å². The number of nitrogens with zero attached hydrogens (tertiary/aromatic N) is 1. The smallest absolute Gasteiger partial charge is 0.185 e. The maximum atomic E-state index is 5.73. The highest BCUT2D eigenvalue weighted by Gasteiger charge is 2.03. The summed E-state index contributed by atoms with van der Waals surface area (Å²) in [6, 6.07) is 4.21. The number of hydrogen-bond donors (Lipinski definition) is 2. The van der Waals surface area contributed by atoms with Crippen LogP contribution in [0.25, 0.3) is 0 Å². The molecule has 0 aliphatic heterocycles. The van der Waals surface area contributed by atoms with Gasteiger partial charge in [-0.1, -0.05) is 6.07 Å². The van der Waals surface area contributed by atoms with Crippen molar-refractivity contribution >= 4 is 29.9 Å². The van der Waals surface area contributed by atoms with Crippen molar-refractivity contribution in [2.45, 2.75) is 27.2 Å². The zero-order valence-corrected chi connectivity index (χ0v) is 13.5. The third-order valence-electron chi connectivity index (χ3n) is 2.62. The monoisotopic (exact) mass is 363 g/mol. The van der Waals surface area contributed by atoms with Crippen molar-refractivity contribution in [3.63, 3.8) is 0 Å². The van der Waals surface area contributed by atoms with Gasteiger partial charge in [-0.25, -0.2) is 0 Å². The summed E-state index contributed by atoms with van der Waals surface area (Å²) in [5.41, 5.74) is 14.1. The van der Waals surface area contributed by atoms with Crippen LogP contribution >= 0.6 is 24.0 Å². The fourth-order valence-corrected chi connectivity index (χ4v) is 1.61. The van der Waals surface area contributed by atoms with Gasteiger partial charge in [-0.2, -0.15) is 0 Å². The summed E-state index contributed by atoms with van der Waals surface area (Å²) in [7, 11) is 0. The third-order valence-corrected chi connectivity index (χ3v) is 2.62. The summed E-state index contributed by atoms with van der Waals surface area (Å²) in [6.45, 7) is 7.46. The molecule has 0 fully saturated rings. The molecule has 0 bridgehead atoms. The number of aliphatic imine (C=N–C) groups is 1. The molecule has 0 aliphatic rings. The minimum Gasteiger partial charge on any atom is -0.493 e. The van der Waals surface area contributed by atoms with Gasteiger partial charge in [0.25, 0.3) is 0 Å². The lowest BCUT2D eigenvalue weighted by atomic mass is 10.1. The van der Waals surface area contributed by atoms with Gasteiger partial charge in [-0.3, -0.25) is 4.99 Å². The van der Waals surface area contributed by atoms with E-state index in [4.69, 9.17) is 16.2 Å². The Balaban J connectivity index is 0.00000289. The molecule has 0 heterocycles. The predicted molar refractivity (Wildman–Crippen MR) is 86.9 cm³/mol. The molecular formula is C13H22IN3O. The average molecular weight is 363 g/mol. The molecule has 102 valence electrons. The van der Waals surface area contributed by atoms with E-state index in [1.165, 1.54) is 16.7 Å². The summed E-state index contributed by atoms with van der Waals surface area (Å²) in [4.78, 5) is 3.91. The maximum Gasteiger partial charge on any atom is 0.185 e. The standard InChI is InChI=1S/C13H21N3O.HI/c1-9-7-10(2)11(3)12(8-9)17-6-4-5-16-13(14)15;/h7-8H,4-6H2,1-3H3,(H4,14,15,16);1H. The van der Waals surface area contributed by atoms with Gasteiger partial charge in [-0.05, 0) is 43.5 Å². The molecule has 0 amide bonds. The molecule has 4 N–H and O–H groups in total. The molecule has 0 radical (unpaired) electrons. The van der Waals surface area contributed by atoms with E-state index in [-0.39, 0.29) is 29.9 Å². The topological polar surface area (TPSA) is 73.6 Å².